The number of rotatable bonds is 5. The zero-order valence-electron chi connectivity index (χ0n) is 16.0. The minimum absolute atomic E-state index is 0.174. The summed E-state index contributed by atoms with van der Waals surface area (Å²) in [6.07, 6.45) is 6.69. The van der Waals surface area contributed by atoms with Crippen LogP contribution in [0.15, 0.2) is 4.52 Å². The van der Waals surface area contributed by atoms with Crippen LogP contribution in [0.1, 0.15) is 64.2 Å². The SMILES string of the molecule is CC(C)c1nc(N2CCC(N3CCCC(C(=O)NC4CC4)C3)CC2)no1. The molecule has 1 aromatic rings. The number of anilines is 1. The lowest BCUT2D eigenvalue weighted by Crippen LogP contribution is -2.51. The maximum atomic E-state index is 12.4. The number of carbonyl (C=O) groups excluding carboxylic acids is 1. The van der Waals surface area contributed by atoms with Gasteiger partial charge >= 0.3 is 0 Å². The van der Waals surface area contributed by atoms with Gasteiger partial charge in [0.05, 0.1) is 5.92 Å². The number of hydrogen-bond acceptors (Lipinski definition) is 6. The Kier molecular flexibility index (Phi) is 5.16. The first-order chi connectivity index (χ1) is 12.6. The van der Waals surface area contributed by atoms with Crippen molar-refractivity contribution in [1.29, 1.82) is 0 Å². The Bertz CT molecular complexity index is 619. The van der Waals surface area contributed by atoms with Crippen LogP contribution in [0.2, 0.25) is 0 Å². The summed E-state index contributed by atoms with van der Waals surface area (Å²) in [4.78, 5) is 21.7. The molecule has 7 heteroatoms. The zero-order chi connectivity index (χ0) is 18.1. The van der Waals surface area contributed by atoms with E-state index in [9.17, 15) is 4.79 Å². The fraction of sp³-hybridized carbons (Fsp3) is 0.842. The summed E-state index contributed by atoms with van der Waals surface area (Å²) >= 11 is 0. The van der Waals surface area contributed by atoms with Crippen molar-refractivity contribution in [3.63, 3.8) is 0 Å². The Morgan fingerprint density at radius 1 is 1.15 bits per heavy atom. The van der Waals surface area contributed by atoms with E-state index >= 15 is 0 Å². The van der Waals surface area contributed by atoms with Crippen LogP contribution in [0.3, 0.4) is 0 Å². The van der Waals surface area contributed by atoms with Gasteiger partial charge in [-0.05, 0) is 50.2 Å². The number of nitrogens with one attached hydrogen (secondary N) is 1. The van der Waals surface area contributed by atoms with Crippen molar-refractivity contribution >= 4 is 11.9 Å². The molecule has 1 saturated carbocycles. The molecule has 2 saturated heterocycles. The summed E-state index contributed by atoms with van der Waals surface area (Å²) in [5, 5.41) is 7.33. The van der Waals surface area contributed by atoms with Crippen LogP contribution in [0.25, 0.3) is 0 Å². The monoisotopic (exact) mass is 361 g/mol. The summed E-state index contributed by atoms with van der Waals surface area (Å²) in [7, 11) is 0. The van der Waals surface area contributed by atoms with E-state index in [4.69, 9.17) is 4.52 Å². The van der Waals surface area contributed by atoms with Gasteiger partial charge in [-0.2, -0.15) is 4.98 Å². The van der Waals surface area contributed by atoms with Gasteiger partial charge < -0.3 is 14.7 Å². The Labute approximate surface area is 155 Å². The summed E-state index contributed by atoms with van der Waals surface area (Å²) in [6.45, 7) is 8.08. The second kappa shape index (κ2) is 7.55. The van der Waals surface area contributed by atoms with Gasteiger partial charge in [0.25, 0.3) is 5.95 Å². The Balaban J connectivity index is 1.28. The van der Waals surface area contributed by atoms with Gasteiger partial charge in [0.2, 0.25) is 11.8 Å². The number of hydrogen-bond donors (Lipinski definition) is 1. The molecule has 7 nitrogen and oxygen atoms in total. The number of aromatic nitrogens is 2. The number of likely N-dealkylation sites (tertiary alicyclic amines) is 1. The van der Waals surface area contributed by atoms with Crippen LogP contribution in [-0.2, 0) is 4.79 Å². The predicted octanol–water partition coefficient (Wildman–Crippen LogP) is 2.15. The molecular weight excluding hydrogens is 330 g/mol. The number of piperidine rings is 2. The molecule has 1 aliphatic carbocycles. The molecule has 1 atom stereocenters. The average molecular weight is 361 g/mol. The maximum Gasteiger partial charge on any atom is 0.266 e. The van der Waals surface area contributed by atoms with Crippen LogP contribution in [0.4, 0.5) is 5.95 Å². The normalized spacial score (nSPS) is 25.7. The summed E-state index contributed by atoms with van der Waals surface area (Å²) in [6, 6.07) is 1.03. The molecule has 1 N–H and O–H groups in total. The molecule has 4 rings (SSSR count). The molecule has 1 aromatic heterocycles. The minimum Gasteiger partial charge on any atom is -0.353 e. The predicted molar refractivity (Wildman–Crippen MR) is 99.1 cm³/mol. The average Bonchev–Trinajstić information content (AvgIpc) is 3.33. The van der Waals surface area contributed by atoms with E-state index in [1.807, 2.05) is 0 Å². The fourth-order valence-corrected chi connectivity index (χ4v) is 4.12. The van der Waals surface area contributed by atoms with Crippen LogP contribution in [0.5, 0.6) is 0 Å². The van der Waals surface area contributed by atoms with Crippen LogP contribution in [-0.4, -0.2) is 59.2 Å². The first-order valence-electron chi connectivity index (χ1n) is 10.2. The van der Waals surface area contributed by atoms with Crippen molar-refractivity contribution in [2.45, 2.75) is 70.4 Å². The van der Waals surface area contributed by atoms with Crippen molar-refractivity contribution < 1.29 is 9.32 Å². The van der Waals surface area contributed by atoms with Crippen LogP contribution in [0, 0.1) is 5.92 Å². The quantitative estimate of drug-likeness (QED) is 0.866. The maximum absolute atomic E-state index is 12.4. The van der Waals surface area contributed by atoms with E-state index in [1.165, 1.54) is 0 Å². The van der Waals surface area contributed by atoms with Crippen molar-refractivity contribution in [2.75, 3.05) is 31.1 Å². The molecule has 0 radical (unpaired) electrons. The topological polar surface area (TPSA) is 74.5 Å². The molecule has 26 heavy (non-hydrogen) atoms. The molecule has 3 heterocycles. The van der Waals surface area contributed by atoms with Gasteiger partial charge in [0.15, 0.2) is 0 Å². The highest BCUT2D eigenvalue weighted by atomic mass is 16.5. The Hall–Kier alpha value is -1.63. The standard InChI is InChI=1S/C19H31N5O2/c1-13(2)18-21-19(22-26-18)23-10-7-16(8-11-23)24-9-3-4-14(12-24)17(25)20-15-5-6-15/h13-16H,3-12H2,1-2H3,(H,20,25). The highest BCUT2D eigenvalue weighted by molar-refractivity contribution is 5.79. The Morgan fingerprint density at radius 3 is 2.58 bits per heavy atom. The summed E-state index contributed by atoms with van der Waals surface area (Å²) in [5.41, 5.74) is 0. The smallest absolute Gasteiger partial charge is 0.266 e. The van der Waals surface area contributed by atoms with E-state index < -0.39 is 0 Å². The molecule has 3 fully saturated rings. The molecule has 1 unspecified atom stereocenters. The van der Waals surface area contributed by atoms with Gasteiger partial charge in [-0.25, -0.2) is 0 Å². The number of carbonyl (C=O) groups is 1. The van der Waals surface area contributed by atoms with E-state index in [-0.39, 0.29) is 17.7 Å². The molecule has 1 amide bonds. The van der Waals surface area contributed by atoms with Crippen molar-refractivity contribution in [2.24, 2.45) is 5.92 Å². The van der Waals surface area contributed by atoms with Crippen molar-refractivity contribution in [3.8, 4) is 0 Å². The fourth-order valence-electron chi connectivity index (χ4n) is 4.12. The van der Waals surface area contributed by atoms with E-state index in [0.29, 0.717) is 18.0 Å². The number of nitrogens with zero attached hydrogens (tertiary/aromatic N) is 4. The molecule has 0 bridgehead atoms. The number of amides is 1. The first kappa shape index (κ1) is 17.8. The summed E-state index contributed by atoms with van der Waals surface area (Å²) < 4.78 is 5.34. The van der Waals surface area contributed by atoms with Gasteiger partial charge in [-0.1, -0.05) is 13.8 Å². The molecule has 144 valence electrons. The van der Waals surface area contributed by atoms with Crippen molar-refractivity contribution in [1.82, 2.24) is 20.4 Å². The molecule has 0 aromatic carbocycles. The van der Waals surface area contributed by atoms with Crippen LogP contribution >= 0.6 is 0 Å². The minimum atomic E-state index is 0.174. The largest absolute Gasteiger partial charge is 0.353 e. The lowest BCUT2D eigenvalue weighted by Gasteiger charge is -2.41. The van der Waals surface area contributed by atoms with Gasteiger partial charge in [0.1, 0.15) is 0 Å². The van der Waals surface area contributed by atoms with Gasteiger partial charge in [-0.15, -0.1) is 0 Å². The van der Waals surface area contributed by atoms with Gasteiger partial charge in [-0.3, -0.25) is 9.69 Å². The zero-order valence-corrected chi connectivity index (χ0v) is 16.0. The molecular formula is C19H31N5O2. The lowest BCUT2D eigenvalue weighted by molar-refractivity contribution is -0.127. The van der Waals surface area contributed by atoms with Gasteiger partial charge in [0, 0.05) is 37.6 Å². The lowest BCUT2D eigenvalue weighted by atomic mass is 9.93. The third-order valence-corrected chi connectivity index (χ3v) is 5.94. The van der Waals surface area contributed by atoms with E-state index in [2.05, 4.69) is 39.1 Å². The Morgan fingerprint density at radius 2 is 1.92 bits per heavy atom. The highest BCUT2D eigenvalue weighted by Crippen LogP contribution is 2.27. The second-order valence-electron chi connectivity index (χ2n) is 8.42. The molecule has 0 spiro atoms. The third-order valence-electron chi connectivity index (χ3n) is 5.94. The third kappa shape index (κ3) is 4.03. The second-order valence-corrected chi connectivity index (χ2v) is 8.42. The van der Waals surface area contributed by atoms with E-state index in [0.717, 1.165) is 70.7 Å². The molecule has 3 aliphatic rings. The first-order valence-corrected chi connectivity index (χ1v) is 10.2. The van der Waals surface area contributed by atoms with Crippen LogP contribution < -0.4 is 10.2 Å². The van der Waals surface area contributed by atoms with Crippen molar-refractivity contribution in [3.05, 3.63) is 5.89 Å². The summed E-state index contributed by atoms with van der Waals surface area (Å²) in [5.74, 6) is 2.16. The van der Waals surface area contributed by atoms with E-state index in [1.54, 1.807) is 0 Å². The highest BCUT2D eigenvalue weighted by Gasteiger charge is 2.34. The molecule has 2 aliphatic heterocycles.